The second kappa shape index (κ2) is 5.05. The van der Waals surface area contributed by atoms with Gasteiger partial charge in [0, 0.05) is 31.6 Å². The summed E-state index contributed by atoms with van der Waals surface area (Å²) in [7, 11) is 0. The van der Waals surface area contributed by atoms with E-state index in [0.29, 0.717) is 17.4 Å². The molecule has 0 spiro atoms. The summed E-state index contributed by atoms with van der Waals surface area (Å²) in [6.45, 7) is 4.66. The number of carbonyl (C=O) groups is 2. The van der Waals surface area contributed by atoms with Crippen LogP contribution in [0, 0.1) is 0 Å². The number of nitrogens with zero attached hydrogens (tertiary/aromatic N) is 1. The topological polar surface area (TPSA) is 65.2 Å². The van der Waals surface area contributed by atoms with Gasteiger partial charge in [-0.3, -0.25) is 14.5 Å². The molecular weight excluding hydrogens is 254 g/mol. The Labute approximate surface area is 118 Å². The molecule has 0 unspecified atom stereocenters. The number of hydrogen-bond acceptors (Lipinski definition) is 3. The summed E-state index contributed by atoms with van der Waals surface area (Å²) < 4.78 is 0. The average Bonchev–Trinajstić information content (AvgIpc) is 2.98. The molecule has 1 aliphatic carbocycles. The van der Waals surface area contributed by atoms with Crippen LogP contribution in [0.25, 0.3) is 0 Å². The van der Waals surface area contributed by atoms with Gasteiger partial charge in [-0.15, -0.1) is 0 Å². The van der Waals surface area contributed by atoms with E-state index in [0.717, 1.165) is 19.0 Å². The lowest BCUT2D eigenvalue weighted by Gasteiger charge is -2.19. The molecule has 1 amide bonds. The Morgan fingerprint density at radius 2 is 2.00 bits per heavy atom. The Morgan fingerprint density at radius 1 is 1.30 bits per heavy atom. The maximum atomic E-state index is 12.2. The highest BCUT2D eigenvalue weighted by molar-refractivity contribution is 5.97. The number of hydrogen-bond donors (Lipinski definition) is 2. The van der Waals surface area contributed by atoms with Gasteiger partial charge < -0.3 is 10.3 Å². The molecule has 1 aromatic heterocycles. The van der Waals surface area contributed by atoms with Gasteiger partial charge in [0.15, 0.2) is 5.78 Å². The zero-order valence-electron chi connectivity index (χ0n) is 12.0. The highest BCUT2D eigenvalue weighted by Crippen LogP contribution is 2.33. The first-order valence-electron chi connectivity index (χ1n) is 7.31. The van der Waals surface area contributed by atoms with Crippen LogP contribution in [0.3, 0.4) is 0 Å². The van der Waals surface area contributed by atoms with Crippen molar-refractivity contribution in [3.63, 3.8) is 0 Å². The number of aromatic nitrogens is 1. The molecule has 2 atom stereocenters. The number of likely N-dealkylation sites (tertiary alicyclic amines) is 1. The van der Waals surface area contributed by atoms with Crippen LogP contribution < -0.4 is 5.32 Å². The van der Waals surface area contributed by atoms with Crippen molar-refractivity contribution in [1.82, 2.24) is 15.2 Å². The number of aromatic amines is 1. The zero-order chi connectivity index (χ0) is 14.3. The summed E-state index contributed by atoms with van der Waals surface area (Å²) in [6, 6.07) is 4.82. The van der Waals surface area contributed by atoms with Crippen molar-refractivity contribution in [2.24, 2.45) is 0 Å². The molecule has 20 heavy (non-hydrogen) atoms. The minimum Gasteiger partial charge on any atom is -0.348 e. The van der Waals surface area contributed by atoms with Crippen molar-refractivity contribution < 1.29 is 9.59 Å². The van der Waals surface area contributed by atoms with Crippen LogP contribution in [-0.2, 0) is 0 Å². The number of nitrogens with one attached hydrogen (secondary N) is 2. The van der Waals surface area contributed by atoms with E-state index in [1.165, 1.54) is 19.8 Å². The second-order valence-electron chi connectivity index (χ2n) is 6.02. The lowest BCUT2D eigenvalue weighted by atomic mass is 10.2. The first-order valence-corrected chi connectivity index (χ1v) is 7.31. The maximum Gasteiger partial charge on any atom is 0.267 e. The maximum absolute atomic E-state index is 12.2. The molecule has 0 radical (unpaired) electrons. The van der Waals surface area contributed by atoms with Crippen LogP contribution in [0.5, 0.6) is 0 Å². The van der Waals surface area contributed by atoms with Gasteiger partial charge in [0.05, 0.1) is 5.69 Å². The van der Waals surface area contributed by atoms with Crippen LogP contribution in [0.2, 0.25) is 0 Å². The fourth-order valence-electron chi connectivity index (χ4n) is 3.07. The summed E-state index contributed by atoms with van der Waals surface area (Å²) in [5.74, 6) is -0.175. The molecule has 5 nitrogen and oxygen atoms in total. The Morgan fingerprint density at radius 3 is 2.60 bits per heavy atom. The van der Waals surface area contributed by atoms with Crippen molar-refractivity contribution in [1.29, 1.82) is 0 Å². The highest BCUT2D eigenvalue weighted by Gasteiger charge is 2.39. The van der Waals surface area contributed by atoms with Crippen LogP contribution in [0.1, 0.15) is 54.1 Å². The van der Waals surface area contributed by atoms with E-state index in [1.807, 2.05) is 0 Å². The first kappa shape index (κ1) is 13.4. The summed E-state index contributed by atoms with van der Waals surface area (Å²) in [4.78, 5) is 28.8. The van der Waals surface area contributed by atoms with Gasteiger partial charge in [-0.25, -0.2) is 0 Å². The van der Waals surface area contributed by atoms with Gasteiger partial charge in [0.2, 0.25) is 0 Å². The monoisotopic (exact) mass is 275 g/mol. The number of amides is 1. The normalized spacial score (nSPS) is 26.7. The minimum atomic E-state index is -0.118. The summed E-state index contributed by atoms with van der Waals surface area (Å²) in [6.07, 6.45) is 3.59. The predicted molar refractivity (Wildman–Crippen MR) is 75.9 cm³/mol. The Hall–Kier alpha value is -1.62. The Kier molecular flexibility index (Phi) is 3.38. The van der Waals surface area contributed by atoms with Crippen LogP contribution in [0.15, 0.2) is 12.1 Å². The van der Waals surface area contributed by atoms with E-state index in [9.17, 15) is 9.59 Å². The molecule has 1 aromatic rings. The van der Waals surface area contributed by atoms with Gasteiger partial charge in [-0.2, -0.15) is 0 Å². The standard InChI is InChI=1S/C15H21N3O2/c1-9-7-11(8-18(9)12-3-4-12)16-15(20)14-6-5-13(17-14)10(2)19/h5-6,9,11-12,17H,3-4,7-8H2,1-2H3,(H,16,20)/t9-,11+/m1/s1. The highest BCUT2D eigenvalue weighted by atomic mass is 16.2. The largest absolute Gasteiger partial charge is 0.348 e. The minimum absolute atomic E-state index is 0.0570. The third kappa shape index (κ3) is 2.63. The molecule has 2 N–H and O–H groups in total. The second-order valence-corrected chi connectivity index (χ2v) is 6.02. The van der Waals surface area contributed by atoms with Gasteiger partial charge in [0.25, 0.3) is 5.91 Å². The van der Waals surface area contributed by atoms with Crippen molar-refractivity contribution in [2.45, 2.75) is 51.2 Å². The molecule has 1 aliphatic heterocycles. The summed E-state index contributed by atoms with van der Waals surface area (Å²) >= 11 is 0. The molecule has 2 aliphatic rings. The van der Waals surface area contributed by atoms with Crippen molar-refractivity contribution in [2.75, 3.05) is 6.54 Å². The van der Waals surface area contributed by atoms with E-state index >= 15 is 0 Å². The Balaban J connectivity index is 1.59. The average molecular weight is 275 g/mol. The van der Waals surface area contributed by atoms with Gasteiger partial charge in [0.1, 0.15) is 5.69 Å². The fraction of sp³-hybridized carbons (Fsp3) is 0.600. The van der Waals surface area contributed by atoms with Crippen molar-refractivity contribution in [3.05, 3.63) is 23.5 Å². The number of ketones is 1. The van der Waals surface area contributed by atoms with Crippen LogP contribution >= 0.6 is 0 Å². The summed E-state index contributed by atoms with van der Waals surface area (Å²) in [5, 5.41) is 3.07. The lowest BCUT2D eigenvalue weighted by Crippen LogP contribution is -2.37. The van der Waals surface area contributed by atoms with E-state index in [2.05, 4.69) is 22.1 Å². The number of H-pyrrole nitrogens is 1. The molecule has 2 heterocycles. The van der Waals surface area contributed by atoms with Crippen molar-refractivity contribution >= 4 is 11.7 Å². The predicted octanol–water partition coefficient (Wildman–Crippen LogP) is 1.57. The number of carbonyl (C=O) groups excluding carboxylic acids is 2. The molecule has 0 bridgehead atoms. The van der Waals surface area contributed by atoms with E-state index in [-0.39, 0.29) is 17.7 Å². The van der Waals surface area contributed by atoms with Gasteiger partial charge >= 0.3 is 0 Å². The van der Waals surface area contributed by atoms with E-state index < -0.39 is 0 Å². The lowest BCUT2D eigenvalue weighted by molar-refractivity contribution is 0.0933. The zero-order valence-corrected chi connectivity index (χ0v) is 12.0. The van der Waals surface area contributed by atoms with Crippen molar-refractivity contribution in [3.8, 4) is 0 Å². The fourth-order valence-corrected chi connectivity index (χ4v) is 3.07. The quantitative estimate of drug-likeness (QED) is 0.820. The molecule has 108 valence electrons. The molecule has 3 rings (SSSR count). The molecule has 5 heteroatoms. The number of Topliss-reactive ketones (excluding diaryl/α,β-unsaturated/α-hetero) is 1. The van der Waals surface area contributed by atoms with Gasteiger partial charge in [-0.1, -0.05) is 0 Å². The molecule has 1 saturated carbocycles. The first-order chi connectivity index (χ1) is 9.54. The van der Waals surface area contributed by atoms with Gasteiger partial charge in [-0.05, 0) is 38.3 Å². The van der Waals surface area contributed by atoms with Crippen LogP contribution in [0.4, 0.5) is 0 Å². The molecule has 0 aromatic carbocycles. The molecule has 1 saturated heterocycles. The molecular formula is C15H21N3O2. The van der Waals surface area contributed by atoms with E-state index in [4.69, 9.17) is 0 Å². The van der Waals surface area contributed by atoms with Crippen LogP contribution in [-0.4, -0.2) is 46.2 Å². The third-order valence-electron chi connectivity index (χ3n) is 4.28. The smallest absolute Gasteiger partial charge is 0.267 e. The Bertz CT molecular complexity index is 533. The molecule has 2 fully saturated rings. The SMILES string of the molecule is CC(=O)c1ccc(C(=O)N[C@H]2C[C@@H](C)N(C3CC3)C2)[nH]1. The van der Waals surface area contributed by atoms with E-state index in [1.54, 1.807) is 12.1 Å². The summed E-state index contributed by atoms with van der Waals surface area (Å²) in [5.41, 5.74) is 0.947. The number of rotatable bonds is 4. The third-order valence-corrected chi connectivity index (χ3v) is 4.28.